The van der Waals surface area contributed by atoms with Crippen LogP contribution in [0.15, 0.2) is 48.4 Å². The van der Waals surface area contributed by atoms with Gasteiger partial charge in [-0.1, -0.05) is 12.1 Å². The van der Waals surface area contributed by atoms with E-state index in [0.717, 1.165) is 38.6 Å². The molecule has 0 saturated carbocycles. The van der Waals surface area contributed by atoms with E-state index in [-0.39, 0.29) is 0 Å². The molecule has 120 valence electrons. The summed E-state index contributed by atoms with van der Waals surface area (Å²) in [6.07, 6.45) is 5.26. The van der Waals surface area contributed by atoms with Gasteiger partial charge in [0.05, 0.1) is 24.4 Å². The van der Waals surface area contributed by atoms with Gasteiger partial charge in [0.1, 0.15) is 22.7 Å². The van der Waals surface area contributed by atoms with E-state index in [1.807, 2.05) is 37.5 Å². The molecule has 3 aromatic heterocycles. The third-order valence-corrected chi connectivity index (χ3v) is 4.63. The highest BCUT2D eigenvalue weighted by Gasteiger charge is 2.13. The number of nitrogens with one attached hydrogen (secondary N) is 1. The van der Waals surface area contributed by atoms with E-state index in [1.54, 1.807) is 35.7 Å². The lowest BCUT2D eigenvalue weighted by Crippen LogP contribution is -1.94. The molecule has 1 aromatic carbocycles. The minimum absolute atomic E-state index is 0.778. The van der Waals surface area contributed by atoms with Crippen molar-refractivity contribution in [2.75, 3.05) is 12.4 Å². The van der Waals surface area contributed by atoms with Crippen LogP contribution in [0.25, 0.3) is 21.3 Å². The zero-order valence-electron chi connectivity index (χ0n) is 13.2. The number of benzene rings is 1. The van der Waals surface area contributed by atoms with Crippen LogP contribution >= 0.6 is 11.3 Å². The second-order valence-corrected chi connectivity index (χ2v) is 6.17. The first kappa shape index (κ1) is 14.6. The van der Waals surface area contributed by atoms with E-state index < -0.39 is 0 Å². The second-order valence-electron chi connectivity index (χ2n) is 5.31. The molecule has 3 heterocycles. The van der Waals surface area contributed by atoms with Crippen molar-refractivity contribution in [3.63, 3.8) is 0 Å². The highest BCUT2D eigenvalue weighted by molar-refractivity contribution is 7.17. The van der Waals surface area contributed by atoms with Crippen molar-refractivity contribution in [1.82, 2.24) is 19.7 Å². The van der Waals surface area contributed by atoms with Crippen LogP contribution in [0.2, 0.25) is 0 Å². The maximum absolute atomic E-state index is 5.24. The number of rotatable bonds is 4. The quantitative estimate of drug-likeness (QED) is 0.613. The van der Waals surface area contributed by atoms with E-state index >= 15 is 0 Å². The van der Waals surface area contributed by atoms with E-state index in [2.05, 4.69) is 25.8 Å². The Morgan fingerprint density at radius 2 is 2.00 bits per heavy atom. The predicted octanol–water partition coefficient (Wildman–Crippen LogP) is 3.84. The Morgan fingerprint density at radius 3 is 2.71 bits per heavy atom. The van der Waals surface area contributed by atoms with E-state index in [0.29, 0.717) is 0 Å². The van der Waals surface area contributed by atoms with Gasteiger partial charge < -0.3 is 10.1 Å². The molecule has 0 radical (unpaired) electrons. The van der Waals surface area contributed by atoms with Crippen LogP contribution in [0.4, 0.5) is 11.5 Å². The molecule has 4 aromatic rings. The van der Waals surface area contributed by atoms with Gasteiger partial charge in [0.15, 0.2) is 0 Å². The van der Waals surface area contributed by atoms with Gasteiger partial charge in [0.2, 0.25) is 0 Å². The van der Waals surface area contributed by atoms with Crippen molar-refractivity contribution in [3.05, 3.63) is 48.4 Å². The van der Waals surface area contributed by atoms with Gasteiger partial charge >= 0.3 is 0 Å². The van der Waals surface area contributed by atoms with Crippen LogP contribution in [0, 0.1) is 0 Å². The molecule has 0 aliphatic carbocycles. The standard InChI is InChI=1S/C17H15N5OS/c1-22-8-12(7-20-22)21-16-15-14(9-24-17(15)19-10-18-16)11-3-5-13(23-2)6-4-11/h3-10H,1-2H3,(H,18,19,21). The van der Waals surface area contributed by atoms with Gasteiger partial charge in [0, 0.05) is 24.2 Å². The van der Waals surface area contributed by atoms with Crippen LogP contribution in [0.1, 0.15) is 0 Å². The first-order valence-electron chi connectivity index (χ1n) is 7.37. The molecular formula is C17H15N5OS. The van der Waals surface area contributed by atoms with Crippen LogP contribution in [0.3, 0.4) is 0 Å². The van der Waals surface area contributed by atoms with E-state index in [1.165, 1.54) is 0 Å². The third-order valence-electron chi connectivity index (χ3n) is 3.74. The van der Waals surface area contributed by atoms with Crippen molar-refractivity contribution in [1.29, 1.82) is 0 Å². The highest BCUT2D eigenvalue weighted by atomic mass is 32.1. The summed E-state index contributed by atoms with van der Waals surface area (Å²) >= 11 is 1.61. The minimum atomic E-state index is 0.778. The smallest absolute Gasteiger partial charge is 0.143 e. The van der Waals surface area contributed by atoms with Crippen LogP contribution in [0.5, 0.6) is 5.75 Å². The molecule has 0 aliphatic rings. The van der Waals surface area contributed by atoms with Crippen molar-refractivity contribution in [2.45, 2.75) is 0 Å². The summed E-state index contributed by atoms with van der Waals surface area (Å²) in [5.74, 6) is 1.61. The van der Waals surface area contributed by atoms with Crippen LogP contribution in [-0.4, -0.2) is 26.9 Å². The SMILES string of the molecule is COc1ccc(-c2csc3ncnc(Nc4cnn(C)c4)c23)cc1. The molecule has 24 heavy (non-hydrogen) atoms. The third kappa shape index (κ3) is 2.59. The number of fused-ring (bicyclic) bond motifs is 1. The molecule has 0 unspecified atom stereocenters. The number of hydrogen-bond acceptors (Lipinski definition) is 6. The Hall–Kier alpha value is -2.93. The molecule has 0 aliphatic heterocycles. The van der Waals surface area contributed by atoms with Gasteiger partial charge in [-0.25, -0.2) is 9.97 Å². The Kier molecular flexibility index (Phi) is 3.62. The maximum atomic E-state index is 5.24. The number of nitrogens with zero attached hydrogens (tertiary/aromatic N) is 4. The summed E-state index contributed by atoms with van der Waals surface area (Å²) in [4.78, 5) is 9.76. The Bertz CT molecular complexity index is 990. The molecule has 0 spiro atoms. The molecule has 1 N–H and O–H groups in total. The molecule has 0 amide bonds. The first-order chi connectivity index (χ1) is 11.7. The number of thiophene rings is 1. The maximum Gasteiger partial charge on any atom is 0.143 e. The fourth-order valence-corrected chi connectivity index (χ4v) is 3.49. The molecule has 7 heteroatoms. The average molecular weight is 337 g/mol. The molecule has 0 saturated heterocycles. The number of hydrogen-bond donors (Lipinski definition) is 1. The minimum Gasteiger partial charge on any atom is -0.497 e. The number of aromatic nitrogens is 4. The normalized spacial score (nSPS) is 10.9. The molecule has 6 nitrogen and oxygen atoms in total. The van der Waals surface area contributed by atoms with Crippen molar-refractivity contribution >= 4 is 33.1 Å². The monoisotopic (exact) mass is 337 g/mol. The topological polar surface area (TPSA) is 64.9 Å². The lowest BCUT2D eigenvalue weighted by Gasteiger charge is -2.07. The Labute approximate surface area is 142 Å². The van der Waals surface area contributed by atoms with Gasteiger partial charge in [-0.2, -0.15) is 5.10 Å². The van der Waals surface area contributed by atoms with Crippen molar-refractivity contribution in [3.8, 4) is 16.9 Å². The zero-order valence-corrected chi connectivity index (χ0v) is 14.0. The number of anilines is 2. The molecular weight excluding hydrogens is 322 g/mol. The summed E-state index contributed by atoms with van der Waals surface area (Å²) < 4.78 is 6.98. The van der Waals surface area contributed by atoms with Gasteiger partial charge in [-0.15, -0.1) is 11.3 Å². The fourth-order valence-electron chi connectivity index (χ4n) is 2.58. The summed E-state index contributed by atoms with van der Waals surface area (Å²) in [5.41, 5.74) is 3.10. The summed E-state index contributed by atoms with van der Waals surface area (Å²) in [7, 11) is 3.55. The lowest BCUT2D eigenvalue weighted by molar-refractivity contribution is 0.415. The van der Waals surface area contributed by atoms with Crippen LogP contribution < -0.4 is 10.1 Å². The summed E-state index contributed by atoms with van der Waals surface area (Å²) in [6.45, 7) is 0. The molecule has 4 rings (SSSR count). The van der Waals surface area contributed by atoms with Gasteiger partial charge in [0.25, 0.3) is 0 Å². The lowest BCUT2D eigenvalue weighted by atomic mass is 10.1. The van der Waals surface area contributed by atoms with Crippen molar-refractivity contribution < 1.29 is 4.74 Å². The molecule has 0 atom stereocenters. The Morgan fingerprint density at radius 1 is 1.17 bits per heavy atom. The highest BCUT2D eigenvalue weighted by Crippen LogP contribution is 2.37. The average Bonchev–Trinajstić information content (AvgIpc) is 3.22. The predicted molar refractivity (Wildman–Crippen MR) is 95.9 cm³/mol. The second kappa shape index (κ2) is 5.93. The summed E-state index contributed by atoms with van der Waals surface area (Å²) in [6, 6.07) is 8.00. The van der Waals surface area contributed by atoms with E-state index in [9.17, 15) is 0 Å². The zero-order chi connectivity index (χ0) is 16.5. The molecule has 0 bridgehead atoms. The molecule has 0 fully saturated rings. The number of aryl methyl sites for hydroxylation is 1. The van der Waals surface area contributed by atoms with Crippen LogP contribution in [-0.2, 0) is 7.05 Å². The number of methoxy groups -OCH3 is 1. The summed E-state index contributed by atoms with van der Waals surface area (Å²) in [5, 5.41) is 10.6. The van der Waals surface area contributed by atoms with Crippen molar-refractivity contribution in [2.24, 2.45) is 7.05 Å². The van der Waals surface area contributed by atoms with E-state index in [4.69, 9.17) is 4.74 Å². The largest absolute Gasteiger partial charge is 0.497 e. The van der Waals surface area contributed by atoms with Gasteiger partial charge in [-0.05, 0) is 17.7 Å². The first-order valence-corrected chi connectivity index (χ1v) is 8.25. The Balaban J connectivity index is 1.81. The fraction of sp³-hybridized carbons (Fsp3) is 0.118. The van der Waals surface area contributed by atoms with Gasteiger partial charge in [-0.3, -0.25) is 4.68 Å². The number of ether oxygens (including phenoxy) is 1.